The zero-order chi connectivity index (χ0) is 23.6. The summed E-state index contributed by atoms with van der Waals surface area (Å²) in [6.07, 6.45) is 3.02. The van der Waals surface area contributed by atoms with Crippen molar-refractivity contribution in [3.05, 3.63) is 36.4 Å². The zero-order valence-electron chi connectivity index (χ0n) is 19.4. The summed E-state index contributed by atoms with van der Waals surface area (Å²) in [7, 11) is 1.57. The molecule has 0 aliphatic rings. The highest BCUT2D eigenvalue weighted by molar-refractivity contribution is 5.99. The van der Waals surface area contributed by atoms with Gasteiger partial charge in [0.15, 0.2) is 0 Å². The van der Waals surface area contributed by atoms with Gasteiger partial charge in [-0.3, -0.25) is 9.59 Å². The number of anilines is 1. The Morgan fingerprint density at radius 1 is 1.03 bits per heavy atom. The molecule has 0 spiro atoms. The molecule has 0 saturated carbocycles. The van der Waals surface area contributed by atoms with Crippen LogP contribution in [-0.2, 0) is 14.3 Å². The Labute approximate surface area is 184 Å². The maximum atomic E-state index is 12.5. The van der Waals surface area contributed by atoms with E-state index in [-0.39, 0.29) is 23.8 Å². The molecule has 3 N–H and O–H groups in total. The van der Waals surface area contributed by atoms with Gasteiger partial charge in [-0.15, -0.1) is 0 Å². The molecule has 0 unspecified atom stereocenters. The minimum absolute atomic E-state index is 0.286. The van der Waals surface area contributed by atoms with E-state index in [0.29, 0.717) is 17.9 Å². The average molecular weight is 434 g/mol. The van der Waals surface area contributed by atoms with Crippen molar-refractivity contribution in [1.82, 2.24) is 10.6 Å². The summed E-state index contributed by atoms with van der Waals surface area (Å²) in [4.78, 5) is 36.6. The van der Waals surface area contributed by atoms with Crippen molar-refractivity contribution < 1.29 is 23.9 Å². The van der Waals surface area contributed by atoms with E-state index in [1.807, 2.05) is 13.8 Å². The second-order valence-corrected chi connectivity index (χ2v) is 8.69. The van der Waals surface area contributed by atoms with Gasteiger partial charge in [0.05, 0.1) is 7.11 Å². The van der Waals surface area contributed by atoms with Gasteiger partial charge in [0, 0.05) is 17.8 Å². The van der Waals surface area contributed by atoms with E-state index < -0.39 is 17.7 Å². The molecule has 0 saturated heterocycles. The minimum atomic E-state index is -0.786. The second-order valence-electron chi connectivity index (χ2n) is 8.69. The molecule has 0 aliphatic carbocycles. The van der Waals surface area contributed by atoms with E-state index >= 15 is 0 Å². The van der Waals surface area contributed by atoms with E-state index in [0.717, 1.165) is 0 Å². The predicted molar refractivity (Wildman–Crippen MR) is 121 cm³/mol. The first kappa shape index (κ1) is 26.0. The summed E-state index contributed by atoms with van der Waals surface area (Å²) >= 11 is 0. The first-order valence-corrected chi connectivity index (χ1v) is 10.3. The molecular formula is C23H35N3O5. The lowest BCUT2D eigenvalue weighted by Crippen LogP contribution is -2.49. The molecule has 1 aromatic carbocycles. The first-order valence-electron chi connectivity index (χ1n) is 10.3. The Balaban J connectivity index is 2.68. The van der Waals surface area contributed by atoms with Crippen LogP contribution >= 0.6 is 0 Å². The topological polar surface area (TPSA) is 106 Å². The number of hydrogen-bond acceptors (Lipinski definition) is 5. The summed E-state index contributed by atoms with van der Waals surface area (Å²) in [5, 5.41) is 8.13. The molecule has 3 amide bonds. The molecule has 0 radical (unpaired) electrons. The largest absolute Gasteiger partial charge is 0.497 e. The summed E-state index contributed by atoms with van der Waals surface area (Å²) < 4.78 is 10.3. The second kappa shape index (κ2) is 12.0. The highest BCUT2D eigenvalue weighted by Crippen LogP contribution is 2.15. The smallest absolute Gasteiger partial charge is 0.408 e. The SMILES string of the molecule is COc1ccc(NC(=O)/C=C/[C@H](CC(C)C)NC(=O)[C@H](C)NC(=O)OC(C)(C)C)cc1. The van der Waals surface area contributed by atoms with Gasteiger partial charge >= 0.3 is 6.09 Å². The molecule has 172 valence electrons. The van der Waals surface area contributed by atoms with Gasteiger partial charge in [-0.25, -0.2) is 4.79 Å². The monoisotopic (exact) mass is 433 g/mol. The van der Waals surface area contributed by atoms with Gasteiger partial charge in [-0.1, -0.05) is 19.9 Å². The molecule has 1 rings (SSSR count). The number of ether oxygens (including phenoxy) is 2. The molecular weight excluding hydrogens is 398 g/mol. The van der Waals surface area contributed by atoms with Gasteiger partial charge < -0.3 is 25.4 Å². The number of nitrogens with one attached hydrogen (secondary N) is 3. The predicted octanol–water partition coefficient (Wildman–Crippen LogP) is 3.63. The lowest BCUT2D eigenvalue weighted by atomic mass is 10.0. The van der Waals surface area contributed by atoms with Crippen molar-refractivity contribution in [3.63, 3.8) is 0 Å². The highest BCUT2D eigenvalue weighted by Gasteiger charge is 2.22. The molecule has 0 aromatic heterocycles. The van der Waals surface area contributed by atoms with Crippen LogP contribution in [0.3, 0.4) is 0 Å². The number of carbonyl (C=O) groups excluding carboxylic acids is 3. The number of rotatable bonds is 9. The Morgan fingerprint density at radius 2 is 1.65 bits per heavy atom. The van der Waals surface area contributed by atoms with Crippen molar-refractivity contribution >= 4 is 23.6 Å². The van der Waals surface area contributed by atoms with Crippen molar-refractivity contribution in [3.8, 4) is 5.75 Å². The average Bonchev–Trinajstić information content (AvgIpc) is 2.64. The number of methoxy groups -OCH3 is 1. The van der Waals surface area contributed by atoms with Gasteiger partial charge in [0.25, 0.3) is 0 Å². The maximum absolute atomic E-state index is 12.5. The maximum Gasteiger partial charge on any atom is 0.408 e. The Hall–Kier alpha value is -3.03. The van der Waals surface area contributed by atoms with Crippen LogP contribution in [0.15, 0.2) is 36.4 Å². The zero-order valence-corrected chi connectivity index (χ0v) is 19.4. The fraction of sp³-hybridized carbons (Fsp3) is 0.522. The molecule has 0 fully saturated rings. The van der Waals surface area contributed by atoms with Crippen LogP contribution in [0.25, 0.3) is 0 Å². The van der Waals surface area contributed by atoms with Crippen molar-refractivity contribution in [1.29, 1.82) is 0 Å². The van der Waals surface area contributed by atoms with E-state index in [1.54, 1.807) is 65.1 Å². The van der Waals surface area contributed by atoms with Gasteiger partial charge in [0.1, 0.15) is 17.4 Å². The van der Waals surface area contributed by atoms with Crippen molar-refractivity contribution in [2.45, 2.75) is 65.6 Å². The summed E-state index contributed by atoms with van der Waals surface area (Å²) in [6.45, 7) is 10.9. The Morgan fingerprint density at radius 3 is 2.16 bits per heavy atom. The Bertz CT molecular complexity index is 766. The molecule has 31 heavy (non-hydrogen) atoms. The van der Waals surface area contributed by atoms with E-state index in [1.165, 1.54) is 6.08 Å². The lowest BCUT2D eigenvalue weighted by Gasteiger charge is -2.23. The molecule has 8 nitrogen and oxygen atoms in total. The fourth-order valence-electron chi connectivity index (χ4n) is 2.61. The van der Waals surface area contributed by atoms with Crippen LogP contribution in [0.4, 0.5) is 10.5 Å². The van der Waals surface area contributed by atoms with Crippen molar-refractivity contribution in [2.75, 3.05) is 12.4 Å². The normalized spacial score (nSPS) is 13.4. The van der Waals surface area contributed by atoms with Crippen LogP contribution in [-0.4, -0.2) is 42.7 Å². The molecule has 2 atom stereocenters. The van der Waals surface area contributed by atoms with Gasteiger partial charge in [-0.2, -0.15) is 0 Å². The van der Waals surface area contributed by atoms with Gasteiger partial charge in [-0.05, 0) is 64.3 Å². The third-order valence-electron chi connectivity index (χ3n) is 4.02. The fourth-order valence-corrected chi connectivity index (χ4v) is 2.61. The number of alkyl carbamates (subject to hydrolysis) is 1. The molecule has 0 aliphatic heterocycles. The van der Waals surface area contributed by atoms with Gasteiger partial charge in [0.2, 0.25) is 11.8 Å². The number of carbonyl (C=O) groups is 3. The number of hydrogen-bond donors (Lipinski definition) is 3. The summed E-state index contributed by atoms with van der Waals surface area (Å²) in [6, 6.07) is 5.83. The summed E-state index contributed by atoms with van der Waals surface area (Å²) in [5.74, 6) is 0.306. The minimum Gasteiger partial charge on any atom is -0.497 e. The quantitative estimate of drug-likeness (QED) is 0.516. The molecule has 0 heterocycles. The first-order chi connectivity index (χ1) is 14.4. The highest BCUT2D eigenvalue weighted by atomic mass is 16.6. The van der Waals surface area contributed by atoms with E-state index in [4.69, 9.17) is 9.47 Å². The van der Waals surface area contributed by atoms with Crippen LogP contribution in [0.2, 0.25) is 0 Å². The number of amides is 3. The lowest BCUT2D eigenvalue weighted by molar-refractivity contribution is -0.123. The van der Waals surface area contributed by atoms with E-state index in [2.05, 4.69) is 16.0 Å². The standard InChI is InChI=1S/C23H35N3O5/c1-15(2)14-18(26-21(28)16(3)24-22(29)31-23(4,5)6)10-13-20(27)25-17-8-11-19(30-7)12-9-17/h8-13,15-16,18H,14H2,1-7H3,(H,24,29)(H,25,27)(H,26,28)/b13-10+/t16-,18+/m0/s1. The van der Waals surface area contributed by atoms with Crippen LogP contribution in [0, 0.1) is 5.92 Å². The molecule has 0 bridgehead atoms. The molecule has 1 aromatic rings. The summed E-state index contributed by atoms with van der Waals surface area (Å²) in [5.41, 5.74) is -0.0180. The van der Waals surface area contributed by atoms with Crippen LogP contribution in [0.5, 0.6) is 5.75 Å². The van der Waals surface area contributed by atoms with Crippen LogP contribution in [0.1, 0.15) is 48.0 Å². The van der Waals surface area contributed by atoms with E-state index in [9.17, 15) is 14.4 Å². The number of benzene rings is 1. The Kier molecular flexibility index (Phi) is 10.0. The third kappa shape index (κ3) is 11.1. The molecule has 8 heteroatoms. The van der Waals surface area contributed by atoms with Crippen molar-refractivity contribution in [2.24, 2.45) is 5.92 Å². The van der Waals surface area contributed by atoms with Crippen LogP contribution < -0.4 is 20.7 Å². The third-order valence-corrected chi connectivity index (χ3v) is 4.02.